The van der Waals surface area contributed by atoms with Crippen molar-refractivity contribution in [2.75, 3.05) is 27.2 Å². The molecule has 0 radical (unpaired) electrons. The molecule has 10 heteroatoms. The van der Waals surface area contributed by atoms with E-state index in [0.29, 0.717) is 30.8 Å². The zero-order chi connectivity index (χ0) is 19.6. The summed E-state index contributed by atoms with van der Waals surface area (Å²) in [4.78, 5) is 23.5. The van der Waals surface area contributed by atoms with Crippen molar-refractivity contribution < 1.29 is 18.3 Å². The molecule has 2 aromatic rings. The first-order valence-electron chi connectivity index (χ1n) is 8.44. The lowest BCUT2D eigenvalue weighted by Gasteiger charge is -2.20. The van der Waals surface area contributed by atoms with E-state index >= 15 is 0 Å². The van der Waals surface area contributed by atoms with Crippen LogP contribution in [0.25, 0.3) is 11.3 Å². The molecule has 1 fully saturated rings. The maximum Gasteiger partial charge on any atom is 0.337 e. The first kappa shape index (κ1) is 19.3. The number of nitrogens with zero attached hydrogens (tertiary/aromatic N) is 5. The van der Waals surface area contributed by atoms with Gasteiger partial charge in [-0.3, -0.25) is 4.98 Å². The van der Waals surface area contributed by atoms with Gasteiger partial charge in [-0.25, -0.2) is 14.8 Å². The van der Waals surface area contributed by atoms with Crippen molar-refractivity contribution in [3.05, 3.63) is 42.1 Å². The molecule has 0 saturated carbocycles. The standard InChI is InChI=1S/C17H21N5O4S/c1-21(2)27(25,26)22-4-3-12(10-22)5-15-7-16(20-11-19-15)13-6-14(17(23)24)9-18-8-13/h6-9,11-12H,3-5,10H2,1-2H3,(H,23,24). The van der Waals surface area contributed by atoms with Crippen molar-refractivity contribution in [2.24, 2.45) is 5.92 Å². The smallest absolute Gasteiger partial charge is 0.337 e. The van der Waals surface area contributed by atoms with Crippen molar-refractivity contribution >= 4 is 16.2 Å². The molecule has 1 atom stereocenters. The maximum atomic E-state index is 12.2. The number of hydrogen-bond donors (Lipinski definition) is 1. The van der Waals surface area contributed by atoms with Gasteiger partial charge in [0.15, 0.2) is 0 Å². The minimum Gasteiger partial charge on any atom is -0.478 e. The first-order chi connectivity index (χ1) is 12.8. The summed E-state index contributed by atoms with van der Waals surface area (Å²) in [5.74, 6) is -0.877. The van der Waals surface area contributed by atoms with Gasteiger partial charge in [0.1, 0.15) is 6.33 Å². The molecule has 0 amide bonds. The Bertz CT molecular complexity index is 948. The van der Waals surface area contributed by atoms with Crippen molar-refractivity contribution in [3.8, 4) is 11.3 Å². The number of rotatable bonds is 6. The van der Waals surface area contributed by atoms with Crippen LogP contribution in [0.15, 0.2) is 30.9 Å². The van der Waals surface area contributed by atoms with Crippen LogP contribution in [0.2, 0.25) is 0 Å². The summed E-state index contributed by atoms with van der Waals surface area (Å²) in [6, 6.07) is 3.31. The van der Waals surface area contributed by atoms with E-state index in [1.54, 1.807) is 12.3 Å². The number of hydrogen-bond acceptors (Lipinski definition) is 6. The second-order valence-electron chi connectivity index (χ2n) is 6.67. The van der Waals surface area contributed by atoms with Gasteiger partial charge in [0.25, 0.3) is 10.2 Å². The summed E-state index contributed by atoms with van der Waals surface area (Å²) in [5, 5.41) is 9.10. The molecular weight excluding hydrogens is 370 g/mol. The Kier molecular flexibility index (Phi) is 5.49. The second-order valence-corrected chi connectivity index (χ2v) is 8.81. The minimum absolute atomic E-state index is 0.0907. The van der Waals surface area contributed by atoms with Gasteiger partial charge >= 0.3 is 5.97 Å². The average molecular weight is 391 g/mol. The van der Waals surface area contributed by atoms with Crippen LogP contribution < -0.4 is 0 Å². The topological polar surface area (TPSA) is 117 Å². The fourth-order valence-electron chi connectivity index (χ4n) is 3.06. The minimum atomic E-state index is -3.40. The van der Waals surface area contributed by atoms with Crippen LogP contribution in [0, 0.1) is 5.92 Å². The SMILES string of the molecule is CN(C)S(=O)(=O)N1CCC(Cc2cc(-c3cncc(C(=O)O)c3)ncn2)C1. The molecule has 0 spiro atoms. The zero-order valence-electron chi connectivity index (χ0n) is 15.1. The van der Waals surface area contributed by atoms with E-state index in [-0.39, 0.29) is 11.5 Å². The van der Waals surface area contributed by atoms with Gasteiger partial charge in [-0.2, -0.15) is 17.0 Å². The van der Waals surface area contributed by atoms with Crippen molar-refractivity contribution in [3.63, 3.8) is 0 Å². The number of aromatic carboxylic acids is 1. The maximum absolute atomic E-state index is 12.2. The highest BCUT2D eigenvalue weighted by atomic mass is 32.2. The number of pyridine rings is 1. The Hall–Kier alpha value is -2.43. The van der Waals surface area contributed by atoms with Crippen LogP contribution in [-0.2, 0) is 16.6 Å². The summed E-state index contributed by atoms with van der Waals surface area (Å²) < 4.78 is 27.2. The molecule has 1 unspecified atom stereocenters. The monoisotopic (exact) mass is 391 g/mol. The summed E-state index contributed by atoms with van der Waals surface area (Å²) in [7, 11) is -0.343. The lowest BCUT2D eigenvalue weighted by molar-refractivity contribution is 0.0696. The average Bonchev–Trinajstić information content (AvgIpc) is 3.11. The van der Waals surface area contributed by atoms with Crippen molar-refractivity contribution in [2.45, 2.75) is 12.8 Å². The lowest BCUT2D eigenvalue weighted by Crippen LogP contribution is -2.38. The normalized spacial score (nSPS) is 18.1. The Morgan fingerprint density at radius 1 is 1.30 bits per heavy atom. The van der Waals surface area contributed by atoms with E-state index in [2.05, 4.69) is 15.0 Å². The summed E-state index contributed by atoms with van der Waals surface area (Å²) >= 11 is 0. The molecule has 0 bridgehead atoms. The molecule has 144 valence electrons. The van der Waals surface area contributed by atoms with E-state index in [0.717, 1.165) is 12.1 Å². The lowest BCUT2D eigenvalue weighted by atomic mass is 10.0. The second kappa shape index (κ2) is 7.67. The van der Waals surface area contributed by atoms with Gasteiger partial charge in [-0.05, 0) is 30.9 Å². The van der Waals surface area contributed by atoms with Crippen LogP contribution in [0.4, 0.5) is 0 Å². The predicted octanol–water partition coefficient (Wildman–Crippen LogP) is 0.908. The molecule has 1 aliphatic rings. The van der Waals surface area contributed by atoms with Gasteiger partial charge < -0.3 is 5.11 Å². The Labute approximate surface area is 157 Å². The third-order valence-electron chi connectivity index (χ3n) is 4.54. The predicted molar refractivity (Wildman–Crippen MR) is 98.2 cm³/mol. The Morgan fingerprint density at radius 2 is 2.07 bits per heavy atom. The number of carboxylic acid groups (broad SMARTS) is 1. The quantitative estimate of drug-likeness (QED) is 0.778. The largest absolute Gasteiger partial charge is 0.478 e. The molecule has 0 aromatic carbocycles. The van der Waals surface area contributed by atoms with E-state index < -0.39 is 16.2 Å². The number of aromatic nitrogens is 3. The molecule has 1 saturated heterocycles. The fourth-order valence-corrected chi connectivity index (χ4v) is 4.26. The van der Waals surface area contributed by atoms with Crippen LogP contribution in [0.5, 0.6) is 0 Å². The van der Waals surface area contributed by atoms with Gasteiger partial charge in [0.2, 0.25) is 0 Å². The fraction of sp³-hybridized carbons (Fsp3) is 0.412. The van der Waals surface area contributed by atoms with Crippen LogP contribution in [0.3, 0.4) is 0 Å². The van der Waals surface area contributed by atoms with Crippen LogP contribution in [-0.4, -0.2) is 70.2 Å². The van der Waals surface area contributed by atoms with E-state index in [1.807, 2.05) is 0 Å². The molecule has 0 aliphatic carbocycles. The third kappa shape index (κ3) is 4.29. The highest BCUT2D eigenvalue weighted by molar-refractivity contribution is 7.86. The van der Waals surface area contributed by atoms with Crippen molar-refractivity contribution in [1.82, 2.24) is 23.6 Å². The van der Waals surface area contributed by atoms with Crippen molar-refractivity contribution in [1.29, 1.82) is 0 Å². The van der Waals surface area contributed by atoms with Gasteiger partial charge in [-0.15, -0.1) is 0 Å². The molecule has 3 rings (SSSR count). The molecule has 3 heterocycles. The molecule has 1 aliphatic heterocycles. The third-order valence-corrected chi connectivity index (χ3v) is 6.45. The highest BCUT2D eigenvalue weighted by Gasteiger charge is 2.32. The van der Waals surface area contributed by atoms with E-state index in [1.165, 1.54) is 41.3 Å². The zero-order valence-corrected chi connectivity index (χ0v) is 15.9. The van der Waals surface area contributed by atoms with E-state index in [4.69, 9.17) is 5.11 Å². The molecule has 9 nitrogen and oxygen atoms in total. The first-order valence-corrected chi connectivity index (χ1v) is 9.84. The number of carboxylic acids is 1. The molecular formula is C17H21N5O4S. The van der Waals surface area contributed by atoms with Gasteiger partial charge in [0.05, 0.1) is 11.3 Å². The van der Waals surface area contributed by atoms with Crippen LogP contribution >= 0.6 is 0 Å². The van der Waals surface area contributed by atoms with Crippen LogP contribution in [0.1, 0.15) is 22.5 Å². The molecule has 2 aromatic heterocycles. The summed E-state index contributed by atoms with van der Waals surface area (Å²) in [6.07, 6.45) is 5.66. The van der Waals surface area contributed by atoms with Gasteiger partial charge in [0, 0.05) is 50.8 Å². The summed E-state index contributed by atoms with van der Waals surface area (Å²) in [6.45, 7) is 0.948. The Balaban J connectivity index is 1.74. The highest BCUT2D eigenvalue weighted by Crippen LogP contribution is 2.25. The molecule has 1 N–H and O–H groups in total. The van der Waals surface area contributed by atoms with E-state index in [9.17, 15) is 13.2 Å². The van der Waals surface area contributed by atoms with Gasteiger partial charge in [-0.1, -0.05) is 0 Å². The summed E-state index contributed by atoms with van der Waals surface area (Å²) in [5.41, 5.74) is 2.07. The molecule has 27 heavy (non-hydrogen) atoms. The number of carbonyl (C=O) groups is 1. The Morgan fingerprint density at radius 3 is 2.78 bits per heavy atom.